The fraction of sp³-hybridized carbons (Fsp3) is 0.833. The van der Waals surface area contributed by atoms with Crippen molar-refractivity contribution in [1.82, 2.24) is 4.90 Å². The van der Waals surface area contributed by atoms with Crippen molar-refractivity contribution in [2.24, 2.45) is 0 Å². The molecule has 1 saturated heterocycles. The fourth-order valence-corrected chi connectivity index (χ4v) is 3.08. The van der Waals surface area contributed by atoms with E-state index >= 15 is 0 Å². The van der Waals surface area contributed by atoms with Crippen LogP contribution in [0, 0.1) is 0 Å². The summed E-state index contributed by atoms with van der Waals surface area (Å²) < 4.78 is 4.94. The molecule has 104 valence electrons. The van der Waals surface area contributed by atoms with Crippen LogP contribution in [0.25, 0.3) is 0 Å². The molecule has 1 rings (SSSR count). The van der Waals surface area contributed by atoms with E-state index in [-0.39, 0.29) is 18.4 Å². The van der Waals surface area contributed by atoms with E-state index in [2.05, 4.69) is 0 Å². The van der Waals surface area contributed by atoms with E-state index in [9.17, 15) is 9.59 Å². The van der Waals surface area contributed by atoms with E-state index in [1.54, 1.807) is 23.8 Å². The van der Waals surface area contributed by atoms with Gasteiger partial charge in [-0.2, -0.15) is 11.8 Å². The normalized spacial score (nSPS) is 19.8. The largest absolute Gasteiger partial charge is 0.481 e. The van der Waals surface area contributed by atoms with Crippen molar-refractivity contribution < 1.29 is 19.4 Å². The highest BCUT2D eigenvalue weighted by Crippen LogP contribution is 2.20. The lowest BCUT2D eigenvalue weighted by atomic mass is 10.1. The first kappa shape index (κ1) is 15.3. The third-order valence-electron chi connectivity index (χ3n) is 2.95. The van der Waals surface area contributed by atoms with Crippen molar-refractivity contribution >= 4 is 23.6 Å². The van der Waals surface area contributed by atoms with Crippen LogP contribution in [-0.4, -0.2) is 59.7 Å². The van der Waals surface area contributed by atoms with E-state index in [4.69, 9.17) is 9.84 Å². The third kappa shape index (κ3) is 5.27. The van der Waals surface area contributed by atoms with Crippen LogP contribution in [-0.2, 0) is 14.3 Å². The van der Waals surface area contributed by atoms with Crippen LogP contribution in [0.2, 0.25) is 0 Å². The van der Waals surface area contributed by atoms with Gasteiger partial charge < -0.3 is 14.7 Å². The zero-order valence-corrected chi connectivity index (χ0v) is 11.6. The van der Waals surface area contributed by atoms with Crippen molar-refractivity contribution in [1.29, 1.82) is 0 Å². The molecule has 0 aliphatic carbocycles. The van der Waals surface area contributed by atoms with Gasteiger partial charge in [-0.1, -0.05) is 0 Å². The molecule has 1 unspecified atom stereocenters. The molecule has 0 aromatic heterocycles. The Bertz CT molecular complexity index is 285. The van der Waals surface area contributed by atoms with E-state index in [1.165, 1.54) is 0 Å². The Kier molecular flexibility index (Phi) is 7.12. The number of rotatable bonds is 7. The quantitative estimate of drug-likeness (QED) is 0.708. The second kappa shape index (κ2) is 8.37. The molecule has 1 aliphatic rings. The Labute approximate surface area is 112 Å². The lowest BCUT2D eigenvalue weighted by Crippen LogP contribution is -2.47. The summed E-state index contributed by atoms with van der Waals surface area (Å²) >= 11 is 1.72. The number of carbonyl (C=O) groups is 2. The van der Waals surface area contributed by atoms with E-state index in [0.29, 0.717) is 19.6 Å². The van der Waals surface area contributed by atoms with Crippen molar-refractivity contribution in [3.05, 3.63) is 0 Å². The molecule has 0 aromatic rings. The molecule has 1 amide bonds. The van der Waals surface area contributed by atoms with Gasteiger partial charge in [-0.3, -0.25) is 9.59 Å². The summed E-state index contributed by atoms with van der Waals surface area (Å²) in [6.07, 6.45) is 2.21. The molecule has 1 N–H and O–H groups in total. The van der Waals surface area contributed by atoms with Crippen LogP contribution in [0.15, 0.2) is 0 Å². The van der Waals surface area contributed by atoms with E-state index < -0.39 is 5.97 Å². The van der Waals surface area contributed by atoms with Crippen LogP contribution in [0.5, 0.6) is 0 Å². The van der Waals surface area contributed by atoms with E-state index in [1.807, 2.05) is 0 Å². The molecule has 5 nitrogen and oxygen atoms in total. The number of thioether (sulfide) groups is 1. The average molecular weight is 275 g/mol. The molecule has 0 bridgehead atoms. The van der Waals surface area contributed by atoms with Gasteiger partial charge in [-0.15, -0.1) is 0 Å². The number of nitrogens with zero attached hydrogens (tertiary/aromatic N) is 1. The van der Waals surface area contributed by atoms with Crippen LogP contribution >= 0.6 is 11.8 Å². The lowest BCUT2D eigenvalue weighted by molar-refractivity contribution is -0.140. The van der Waals surface area contributed by atoms with Gasteiger partial charge in [0, 0.05) is 38.2 Å². The zero-order chi connectivity index (χ0) is 13.4. The van der Waals surface area contributed by atoms with Gasteiger partial charge in [0.2, 0.25) is 5.91 Å². The molecule has 6 heteroatoms. The van der Waals surface area contributed by atoms with Gasteiger partial charge in [0.25, 0.3) is 0 Å². The molecule has 0 spiro atoms. The SMILES string of the molecule is COCCCCC(=O)N1CCSCC1CC(=O)O. The molecule has 1 fully saturated rings. The van der Waals surface area contributed by atoms with Gasteiger partial charge in [-0.05, 0) is 12.8 Å². The zero-order valence-electron chi connectivity index (χ0n) is 10.8. The molecule has 18 heavy (non-hydrogen) atoms. The number of ether oxygens (including phenoxy) is 1. The second-order valence-corrected chi connectivity index (χ2v) is 5.51. The molecule has 1 aliphatic heterocycles. The van der Waals surface area contributed by atoms with Crippen molar-refractivity contribution in [2.45, 2.75) is 31.7 Å². The van der Waals surface area contributed by atoms with Crippen molar-refractivity contribution in [3.8, 4) is 0 Å². The molecule has 1 heterocycles. The van der Waals surface area contributed by atoms with Gasteiger partial charge in [0.15, 0.2) is 0 Å². The maximum atomic E-state index is 12.0. The molecule has 0 radical (unpaired) electrons. The Morgan fingerprint density at radius 2 is 2.22 bits per heavy atom. The highest BCUT2D eigenvalue weighted by molar-refractivity contribution is 7.99. The van der Waals surface area contributed by atoms with Gasteiger partial charge in [-0.25, -0.2) is 0 Å². The number of methoxy groups -OCH3 is 1. The maximum Gasteiger partial charge on any atom is 0.305 e. The Hall–Kier alpha value is -0.750. The number of carboxylic acids is 1. The van der Waals surface area contributed by atoms with Crippen LogP contribution in [0.4, 0.5) is 0 Å². The molecular weight excluding hydrogens is 254 g/mol. The van der Waals surface area contributed by atoms with Crippen LogP contribution in [0.1, 0.15) is 25.7 Å². The Balaban J connectivity index is 2.39. The summed E-state index contributed by atoms with van der Waals surface area (Å²) in [5, 5.41) is 8.85. The predicted octanol–water partition coefficient (Wildman–Crippen LogP) is 1.22. The standard InChI is InChI=1S/C12H21NO4S/c1-17-6-3-2-4-11(14)13-5-7-18-9-10(13)8-12(15)16/h10H,2-9H2,1H3,(H,15,16). The van der Waals surface area contributed by atoms with Gasteiger partial charge in [0.1, 0.15) is 0 Å². The van der Waals surface area contributed by atoms with Crippen LogP contribution < -0.4 is 0 Å². The summed E-state index contributed by atoms with van der Waals surface area (Å²) in [6, 6.07) is -0.142. The second-order valence-electron chi connectivity index (χ2n) is 4.36. The minimum absolute atomic E-state index is 0.0524. The molecule has 0 aromatic carbocycles. The first-order valence-electron chi connectivity index (χ1n) is 6.23. The number of carbonyl (C=O) groups excluding carboxylic acids is 1. The lowest BCUT2D eigenvalue weighted by Gasteiger charge is -2.34. The topological polar surface area (TPSA) is 66.8 Å². The summed E-state index contributed by atoms with van der Waals surface area (Å²) in [4.78, 5) is 24.6. The minimum Gasteiger partial charge on any atom is -0.481 e. The van der Waals surface area contributed by atoms with E-state index in [0.717, 1.165) is 24.3 Å². The Morgan fingerprint density at radius 1 is 1.44 bits per heavy atom. The number of aliphatic carboxylic acids is 1. The predicted molar refractivity (Wildman–Crippen MR) is 70.8 cm³/mol. The summed E-state index contributed by atoms with van der Waals surface area (Å²) in [5.41, 5.74) is 0. The van der Waals surface area contributed by atoms with Crippen molar-refractivity contribution in [3.63, 3.8) is 0 Å². The number of hydrogen-bond acceptors (Lipinski definition) is 4. The number of carboxylic acid groups (broad SMARTS) is 1. The minimum atomic E-state index is -0.834. The smallest absolute Gasteiger partial charge is 0.305 e. The highest BCUT2D eigenvalue weighted by Gasteiger charge is 2.28. The number of unbranched alkanes of at least 4 members (excludes halogenated alkanes) is 1. The molecule has 1 atom stereocenters. The summed E-state index contributed by atoms with van der Waals surface area (Å²) in [7, 11) is 1.65. The third-order valence-corrected chi connectivity index (χ3v) is 4.04. The summed E-state index contributed by atoms with van der Waals surface area (Å²) in [6.45, 7) is 1.34. The maximum absolute atomic E-state index is 12.0. The molecular formula is C12H21NO4S. The first-order valence-corrected chi connectivity index (χ1v) is 7.38. The van der Waals surface area contributed by atoms with Crippen molar-refractivity contribution in [2.75, 3.05) is 31.8 Å². The highest BCUT2D eigenvalue weighted by atomic mass is 32.2. The first-order chi connectivity index (χ1) is 8.65. The summed E-state index contributed by atoms with van der Waals surface area (Å²) in [5.74, 6) is 0.882. The van der Waals surface area contributed by atoms with Crippen LogP contribution in [0.3, 0.4) is 0 Å². The van der Waals surface area contributed by atoms with Gasteiger partial charge in [0.05, 0.1) is 12.5 Å². The molecule has 0 saturated carbocycles. The average Bonchev–Trinajstić information content (AvgIpc) is 2.34. The fourth-order valence-electron chi connectivity index (χ4n) is 2.02. The number of amides is 1. The monoisotopic (exact) mass is 275 g/mol. The van der Waals surface area contributed by atoms with Gasteiger partial charge >= 0.3 is 5.97 Å². The Morgan fingerprint density at radius 3 is 2.89 bits per heavy atom. The number of hydrogen-bond donors (Lipinski definition) is 1.